The Morgan fingerprint density at radius 3 is 2.29 bits per heavy atom. The first-order valence-electron chi connectivity index (χ1n) is 10.9. The number of thiazole rings is 1. The molecule has 0 atom stereocenters. The number of rotatable bonds is 10. The maximum Gasteiger partial charge on any atom is 0.318 e. The molecule has 0 saturated heterocycles. The second-order valence-corrected chi connectivity index (χ2v) is 8.91. The van der Waals surface area contributed by atoms with Crippen molar-refractivity contribution in [3.05, 3.63) is 99.2 Å². The van der Waals surface area contributed by atoms with Gasteiger partial charge in [0.2, 0.25) is 0 Å². The first kappa shape index (κ1) is 24.0. The number of fused-ring (bicyclic) bond motifs is 1. The third-order valence-corrected chi connectivity index (χ3v) is 6.45. The van der Waals surface area contributed by atoms with Crippen LogP contribution in [0.4, 0.5) is 0 Å². The van der Waals surface area contributed by atoms with Crippen LogP contribution < -0.4 is 9.61 Å². The molecular weight excluding hydrogens is 466 g/mol. The molecule has 1 heterocycles. The van der Waals surface area contributed by atoms with Crippen molar-refractivity contribution >= 4 is 45.6 Å². The molecule has 4 rings (SSSR count). The van der Waals surface area contributed by atoms with E-state index in [9.17, 15) is 14.4 Å². The summed E-state index contributed by atoms with van der Waals surface area (Å²) in [4.78, 5) is 34.6. The molecule has 0 spiro atoms. The Hall–Kier alpha value is -4.17. The van der Waals surface area contributed by atoms with Crippen LogP contribution in [0.15, 0.2) is 77.6 Å². The Bertz CT molecular complexity index is 1410. The van der Waals surface area contributed by atoms with Crippen LogP contribution in [0, 0.1) is 5.92 Å². The van der Waals surface area contributed by atoms with Crippen molar-refractivity contribution in [3.8, 4) is 5.75 Å². The summed E-state index contributed by atoms with van der Waals surface area (Å²) in [5.74, 6) is -3.68. The number of benzene rings is 3. The van der Waals surface area contributed by atoms with E-state index in [1.54, 1.807) is 28.8 Å². The molecule has 0 unspecified atom stereocenters. The van der Waals surface area contributed by atoms with Gasteiger partial charge in [-0.1, -0.05) is 72.0 Å². The number of aliphatic carboxylic acids is 2. The smallest absolute Gasteiger partial charge is 0.318 e. The second kappa shape index (κ2) is 10.8. The highest BCUT2D eigenvalue weighted by Gasteiger charge is 2.25. The molecule has 178 valence electrons. The molecule has 0 aliphatic heterocycles. The van der Waals surface area contributed by atoms with Gasteiger partial charge in [0.25, 0.3) is 0 Å². The molecule has 7 nitrogen and oxygen atoms in total. The van der Waals surface area contributed by atoms with E-state index in [4.69, 9.17) is 14.9 Å². The molecule has 0 bridgehead atoms. The summed E-state index contributed by atoms with van der Waals surface area (Å²) in [6, 6.07) is 22.5. The van der Waals surface area contributed by atoms with E-state index in [1.165, 1.54) is 11.3 Å². The largest absolute Gasteiger partial charge is 0.492 e. The van der Waals surface area contributed by atoms with E-state index in [2.05, 4.69) is 0 Å². The van der Waals surface area contributed by atoms with Crippen LogP contribution in [0.2, 0.25) is 0 Å². The first-order chi connectivity index (χ1) is 16.9. The quantitative estimate of drug-likeness (QED) is 0.248. The van der Waals surface area contributed by atoms with Crippen molar-refractivity contribution in [2.45, 2.75) is 13.0 Å². The van der Waals surface area contributed by atoms with E-state index >= 15 is 0 Å². The molecule has 0 aliphatic rings. The third kappa shape index (κ3) is 6.04. The number of carboxylic acid groups (broad SMARTS) is 2. The van der Waals surface area contributed by atoms with E-state index in [1.807, 2.05) is 60.7 Å². The molecule has 0 aliphatic carbocycles. The highest BCUT2D eigenvalue weighted by Crippen LogP contribution is 2.21. The van der Waals surface area contributed by atoms with Gasteiger partial charge in [-0.25, -0.2) is 0 Å². The van der Waals surface area contributed by atoms with Gasteiger partial charge in [0.15, 0.2) is 5.92 Å². The van der Waals surface area contributed by atoms with E-state index in [0.717, 1.165) is 21.3 Å². The zero-order valence-corrected chi connectivity index (χ0v) is 19.5. The Morgan fingerprint density at radius 1 is 0.914 bits per heavy atom. The Morgan fingerprint density at radius 2 is 1.60 bits per heavy atom. The van der Waals surface area contributed by atoms with Crippen molar-refractivity contribution in [1.29, 1.82) is 0 Å². The van der Waals surface area contributed by atoms with Crippen LogP contribution in [0.3, 0.4) is 0 Å². The lowest BCUT2D eigenvalue weighted by atomic mass is 10.00. The fourth-order valence-electron chi connectivity index (χ4n) is 3.65. The summed E-state index contributed by atoms with van der Waals surface area (Å²) >= 11 is 1.20. The fraction of sp³-hybridized carbons (Fsp3) is 0.148. The van der Waals surface area contributed by atoms with Crippen molar-refractivity contribution in [3.63, 3.8) is 0 Å². The van der Waals surface area contributed by atoms with Crippen molar-refractivity contribution in [2.75, 3.05) is 6.61 Å². The van der Waals surface area contributed by atoms with Crippen molar-refractivity contribution in [1.82, 2.24) is 4.57 Å². The van der Waals surface area contributed by atoms with Gasteiger partial charge in [0.1, 0.15) is 12.4 Å². The van der Waals surface area contributed by atoms with Crippen LogP contribution >= 0.6 is 11.3 Å². The minimum absolute atomic E-state index is 0.0588. The molecule has 3 aromatic carbocycles. The molecule has 1 aromatic heterocycles. The van der Waals surface area contributed by atoms with Gasteiger partial charge in [-0.2, -0.15) is 0 Å². The van der Waals surface area contributed by atoms with Crippen LogP contribution in [-0.2, 0) is 22.6 Å². The van der Waals surface area contributed by atoms with Crippen molar-refractivity contribution < 1.29 is 24.5 Å². The van der Waals surface area contributed by atoms with Gasteiger partial charge in [0, 0.05) is 0 Å². The number of nitrogens with zero attached hydrogens (tertiary/aromatic N) is 1. The SMILES string of the molecule is O=C(O)C(Cc1ccc(OCCn2c(=O)sc3cc(/C=C/c4ccccc4)ccc32)cc1)C(=O)O. The lowest BCUT2D eigenvalue weighted by molar-refractivity contribution is -0.154. The molecule has 8 heteroatoms. The number of carboxylic acids is 2. The van der Waals surface area contributed by atoms with Crippen LogP contribution in [-0.4, -0.2) is 33.3 Å². The summed E-state index contributed by atoms with van der Waals surface area (Å²) < 4.78 is 8.34. The summed E-state index contributed by atoms with van der Waals surface area (Å²) in [5.41, 5.74) is 3.56. The van der Waals surface area contributed by atoms with Gasteiger partial charge in [-0.15, -0.1) is 0 Å². The lowest BCUT2D eigenvalue weighted by Gasteiger charge is -2.10. The number of hydrogen-bond acceptors (Lipinski definition) is 5. The van der Waals surface area contributed by atoms with Gasteiger partial charge >= 0.3 is 16.8 Å². The molecule has 0 amide bonds. The van der Waals surface area contributed by atoms with Gasteiger partial charge in [-0.05, 0) is 47.4 Å². The predicted octanol–water partition coefficient (Wildman–Crippen LogP) is 4.64. The lowest BCUT2D eigenvalue weighted by Crippen LogP contribution is -2.25. The molecule has 4 aromatic rings. The monoisotopic (exact) mass is 489 g/mol. The van der Waals surface area contributed by atoms with E-state index < -0.39 is 17.9 Å². The number of ether oxygens (including phenoxy) is 1. The highest BCUT2D eigenvalue weighted by atomic mass is 32.1. The van der Waals surface area contributed by atoms with E-state index in [0.29, 0.717) is 17.9 Å². The number of aromatic nitrogens is 1. The summed E-state index contributed by atoms with van der Waals surface area (Å²) in [7, 11) is 0. The molecule has 35 heavy (non-hydrogen) atoms. The van der Waals surface area contributed by atoms with Gasteiger partial charge in [-0.3, -0.25) is 19.0 Å². The first-order valence-corrected chi connectivity index (χ1v) is 11.8. The Kier molecular flexibility index (Phi) is 7.42. The fourth-order valence-corrected chi connectivity index (χ4v) is 4.61. The molecule has 0 radical (unpaired) electrons. The highest BCUT2D eigenvalue weighted by molar-refractivity contribution is 7.16. The normalized spacial score (nSPS) is 11.3. The maximum absolute atomic E-state index is 12.5. The minimum atomic E-state index is -1.49. The average Bonchev–Trinajstić information content (AvgIpc) is 3.16. The van der Waals surface area contributed by atoms with Gasteiger partial charge < -0.3 is 14.9 Å². The van der Waals surface area contributed by atoms with Crippen LogP contribution in [0.5, 0.6) is 5.75 Å². The van der Waals surface area contributed by atoms with Crippen LogP contribution in [0.1, 0.15) is 16.7 Å². The van der Waals surface area contributed by atoms with Crippen molar-refractivity contribution in [2.24, 2.45) is 5.92 Å². The Labute approximate surface area is 205 Å². The van der Waals surface area contributed by atoms with E-state index in [-0.39, 0.29) is 17.9 Å². The standard InChI is InChI=1S/C27H23NO6S/c29-25(30)22(26(31)32)16-19-8-11-21(12-9-19)34-15-14-28-23-13-10-20(17-24(23)35-27(28)33)7-6-18-4-2-1-3-5-18/h1-13,17,22H,14-16H2,(H,29,30)(H,31,32)/b7-6+. The molecule has 0 saturated carbocycles. The minimum Gasteiger partial charge on any atom is -0.492 e. The zero-order chi connectivity index (χ0) is 24.8. The molecule has 2 N–H and O–H groups in total. The van der Waals surface area contributed by atoms with Crippen LogP contribution in [0.25, 0.3) is 22.4 Å². The number of hydrogen-bond donors (Lipinski definition) is 2. The topological polar surface area (TPSA) is 106 Å². The third-order valence-electron chi connectivity index (χ3n) is 5.50. The maximum atomic E-state index is 12.5. The van der Waals surface area contributed by atoms with Gasteiger partial charge in [0.05, 0.1) is 16.8 Å². The Balaban J connectivity index is 1.38. The zero-order valence-electron chi connectivity index (χ0n) is 18.7. The summed E-state index contributed by atoms with van der Waals surface area (Å²) in [5, 5.41) is 18.0. The second-order valence-electron chi connectivity index (χ2n) is 7.92. The molecular formula is C27H23NO6S. The summed E-state index contributed by atoms with van der Waals surface area (Å²) in [6.07, 6.45) is 3.94. The molecule has 0 fully saturated rings. The predicted molar refractivity (Wildman–Crippen MR) is 136 cm³/mol. The average molecular weight is 490 g/mol. The summed E-state index contributed by atoms with van der Waals surface area (Å²) in [6.45, 7) is 0.646. The number of carbonyl (C=O) groups is 2.